The van der Waals surface area contributed by atoms with E-state index in [1.54, 1.807) is 0 Å². The summed E-state index contributed by atoms with van der Waals surface area (Å²) in [5.41, 5.74) is 3.09. The summed E-state index contributed by atoms with van der Waals surface area (Å²) >= 11 is 0. The molecule has 2 heterocycles. The standard InChI is InChI=1S/C20H21NO/c22-20(15-12-16-10-11-17(13-15)21-16)19-9-5-4-8-18(19)14-6-2-1-3-7-14/h1-9,15-17,21H,10-13H2. The Balaban J connectivity index is 1.66. The van der Waals surface area contributed by atoms with Crippen LogP contribution in [0.1, 0.15) is 36.0 Å². The number of piperidine rings is 1. The van der Waals surface area contributed by atoms with Crippen molar-refractivity contribution in [3.63, 3.8) is 0 Å². The highest BCUT2D eigenvalue weighted by Gasteiger charge is 2.37. The van der Waals surface area contributed by atoms with Crippen LogP contribution < -0.4 is 5.32 Å². The minimum absolute atomic E-state index is 0.184. The van der Waals surface area contributed by atoms with E-state index in [0.717, 1.165) is 29.5 Å². The van der Waals surface area contributed by atoms with Gasteiger partial charge in [0.2, 0.25) is 0 Å². The predicted octanol–water partition coefficient (Wildman–Crippen LogP) is 4.07. The fourth-order valence-corrected chi connectivity index (χ4v) is 4.06. The normalized spacial score (nSPS) is 26.8. The van der Waals surface area contributed by atoms with Crippen molar-refractivity contribution < 1.29 is 4.79 Å². The van der Waals surface area contributed by atoms with E-state index in [4.69, 9.17) is 0 Å². The van der Waals surface area contributed by atoms with E-state index in [2.05, 4.69) is 23.5 Å². The first kappa shape index (κ1) is 13.7. The highest BCUT2D eigenvalue weighted by molar-refractivity contribution is 6.03. The van der Waals surface area contributed by atoms with Crippen molar-refractivity contribution in [2.45, 2.75) is 37.8 Å². The van der Waals surface area contributed by atoms with Crippen LogP contribution in [0.5, 0.6) is 0 Å². The second-order valence-corrected chi connectivity index (χ2v) is 6.58. The van der Waals surface area contributed by atoms with Crippen LogP contribution in [0.3, 0.4) is 0 Å². The molecular weight excluding hydrogens is 270 g/mol. The zero-order chi connectivity index (χ0) is 14.9. The maximum absolute atomic E-state index is 13.1. The van der Waals surface area contributed by atoms with E-state index in [9.17, 15) is 4.79 Å². The van der Waals surface area contributed by atoms with Crippen molar-refractivity contribution >= 4 is 5.78 Å². The first-order chi connectivity index (χ1) is 10.8. The van der Waals surface area contributed by atoms with Crippen LogP contribution in [-0.4, -0.2) is 17.9 Å². The van der Waals surface area contributed by atoms with Gasteiger partial charge >= 0.3 is 0 Å². The summed E-state index contributed by atoms with van der Waals surface area (Å²) in [4.78, 5) is 13.1. The number of nitrogens with one attached hydrogen (secondary N) is 1. The Morgan fingerprint density at radius 1 is 0.864 bits per heavy atom. The van der Waals surface area contributed by atoms with Gasteiger partial charge in [0.05, 0.1) is 0 Å². The van der Waals surface area contributed by atoms with Crippen LogP contribution in [-0.2, 0) is 0 Å². The van der Waals surface area contributed by atoms with Gasteiger partial charge in [-0.3, -0.25) is 4.79 Å². The summed E-state index contributed by atoms with van der Waals surface area (Å²) in [5.74, 6) is 0.515. The molecule has 0 aromatic heterocycles. The summed E-state index contributed by atoms with van der Waals surface area (Å²) < 4.78 is 0. The molecule has 2 atom stereocenters. The Morgan fingerprint density at radius 2 is 1.50 bits per heavy atom. The lowest BCUT2D eigenvalue weighted by molar-refractivity contribution is 0.0876. The summed E-state index contributed by atoms with van der Waals surface area (Å²) in [7, 11) is 0. The molecule has 2 saturated heterocycles. The molecule has 0 saturated carbocycles. The van der Waals surface area contributed by atoms with Crippen LogP contribution in [0.25, 0.3) is 11.1 Å². The lowest BCUT2D eigenvalue weighted by Crippen LogP contribution is -2.40. The number of Topliss-reactive ketones (excluding diaryl/α,β-unsaturated/α-hetero) is 1. The fourth-order valence-electron chi connectivity index (χ4n) is 4.06. The molecule has 112 valence electrons. The molecule has 4 rings (SSSR count). The minimum atomic E-state index is 0.184. The number of fused-ring (bicyclic) bond motifs is 2. The first-order valence-electron chi connectivity index (χ1n) is 8.26. The van der Waals surface area contributed by atoms with E-state index in [-0.39, 0.29) is 5.92 Å². The lowest BCUT2D eigenvalue weighted by Gasteiger charge is -2.28. The highest BCUT2D eigenvalue weighted by Crippen LogP contribution is 2.34. The van der Waals surface area contributed by atoms with Gasteiger partial charge in [-0.25, -0.2) is 0 Å². The molecule has 2 aromatic carbocycles. The Kier molecular flexibility index (Phi) is 3.55. The number of benzene rings is 2. The molecule has 2 aromatic rings. The quantitative estimate of drug-likeness (QED) is 0.864. The second-order valence-electron chi connectivity index (χ2n) is 6.58. The predicted molar refractivity (Wildman–Crippen MR) is 88.9 cm³/mol. The van der Waals surface area contributed by atoms with Crippen LogP contribution in [0.15, 0.2) is 54.6 Å². The third-order valence-corrected chi connectivity index (χ3v) is 5.12. The molecule has 0 aliphatic carbocycles. The van der Waals surface area contributed by atoms with Crippen LogP contribution in [0.4, 0.5) is 0 Å². The molecule has 2 fully saturated rings. The van der Waals surface area contributed by atoms with E-state index < -0.39 is 0 Å². The fraction of sp³-hybridized carbons (Fsp3) is 0.350. The van der Waals surface area contributed by atoms with E-state index in [1.165, 1.54) is 12.8 Å². The minimum Gasteiger partial charge on any atom is -0.311 e. The summed E-state index contributed by atoms with van der Waals surface area (Å²) in [5, 5.41) is 3.62. The summed E-state index contributed by atoms with van der Waals surface area (Å²) in [6.45, 7) is 0. The molecule has 2 bridgehead atoms. The van der Waals surface area contributed by atoms with Gasteiger partial charge < -0.3 is 5.32 Å². The third-order valence-electron chi connectivity index (χ3n) is 5.12. The molecule has 2 aliphatic heterocycles. The van der Waals surface area contributed by atoms with Crippen molar-refractivity contribution in [1.29, 1.82) is 0 Å². The van der Waals surface area contributed by atoms with Crippen molar-refractivity contribution in [3.05, 3.63) is 60.2 Å². The van der Waals surface area contributed by atoms with Crippen LogP contribution in [0, 0.1) is 5.92 Å². The first-order valence-corrected chi connectivity index (χ1v) is 8.26. The number of hydrogen-bond acceptors (Lipinski definition) is 2. The topological polar surface area (TPSA) is 29.1 Å². The molecule has 0 amide bonds. The van der Waals surface area contributed by atoms with Crippen molar-refractivity contribution in [1.82, 2.24) is 5.32 Å². The number of hydrogen-bond donors (Lipinski definition) is 1. The average Bonchev–Trinajstić information content (AvgIpc) is 2.93. The monoisotopic (exact) mass is 291 g/mol. The highest BCUT2D eigenvalue weighted by atomic mass is 16.1. The average molecular weight is 291 g/mol. The molecule has 0 radical (unpaired) electrons. The number of ketones is 1. The number of rotatable bonds is 3. The molecule has 2 heteroatoms. The number of carbonyl (C=O) groups excluding carboxylic acids is 1. The van der Waals surface area contributed by atoms with Crippen molar-refractivity contribution in [3.8, 4) is 11.1 Å². The maximum Gasteiger partial charge on any atom is 0.166 e. The van der Waals surface area contributed by atoms with E-state index >= 15 is 0 Å². The Bertz CT molecular complexity index is 667. The zero-order valence-electron chi connectivity index (χ0n) is 12.7. The van der Waals surface area contributed by atoms with Gasteiger partial charge in [0.25, 0.3) is 0 Å². The van der Waals surface area contributed by atoms with Gasteiger partial charge in [0, 0.05) is 23.6 Å². The van der Waals surface area contributed by atoms with Gasteiger partial charge in [-0.05, 0) is 36.8 Å². The van der Waals surface area contributed by atoms with Crippen LogP contribution >= 0.6 is 0 Å². The summed E-state index contributed by atoms with van der Waals surface area (Å²) in [6.07, 6.45) is 4.46. The van der Waals surface area contributed by atoms with E-state index in [1.807, 2.05) is 36.4 Å². The lowest BCUT2D eigenvalue weighted by atomic mass is 9.83. The van der Waals surface area contributed by atoms with Crippen LogP contribution in [0.2, 0.25) is 0 Å². The molecular formula is C20H21NO. The van der Waals surface area contributed by atoms with Gasteiger partial charge in [0.1, 0.15) is 0 Å². The smallest absolute Gasteiger partial charge is 0.166 e. The van der Waals surface area contributed by atoms with Gasteiger partial charge in [0.15, 0.2) is 5.78 Å². The zero-order valence-corrected chi connectivity index (χ0v) is 12.7. The maximum atomic E-state index is 13.1. The second kappa shape index (κ2) is 5.69. The Hall–Kier alpha value is -1.93. The number of carbonyl (C=O) groups is 1. The van der Waals surface area contributed by atoms with Gasteiger partial charge in [-0.15, -0.1) is 0 Å². The SMILES string of the molecule is O=C(c1ccccc1-c1ccccc1)C1CC2CCC(C1)N2. The molecule has 0 spiro atoms. The molecule has 2 unspecified atom stereocenters. The van der Waals surface area contributed by atoms with Crippen molar-refractivity contribution in [2.75, 3.05) is 0 Å². The summed E-state index contributed by atoms with van der Waals surface area (Å²) in [6, 6.07) is 19.4. The molecule has 2 nitrogen and oxygen atoms in total. The molecule has 2 aliphatic rings. The van der Waals surface area contributed by atoms with Crippen molar-refractivity contribution in [2.24, 2.45) is 5.92 Å². The van der Waals surface area contributed by atoms with E-state index in [0.29, 0.717) is 17.9 Å². The molecule has 22 heavy (non-hydrogen) atoms. The Morgan fingerprint density at radius 3 is 2.23 bits per heavy atom. The van der Waals surface area contributed by atoms with Gasteiger partial charge in [-0.2, -0.15) is 0 Å². The molecule has 1 N–H and O–H groups in total. The van der Waals surface area contributed by atoms with Gasteiger partial charge in [-0.1, -0.05) is 54.6 Å². The largest absolute Gasteiger partial charge is 0.311 e. The Labute approximate surface area is 131 Å². The third kappa shape index (κ3) is 2.48.